The van der Waals surface area contributed by atoms with E-state index >= 15 is 0 Å². The van der Waals surface area contributed by atoms with Gasteiger partial charge in [-0.2, -0.15) is 0 Å². The first kappa shape index (κ1) is 8.77. The van der Waals surface area contributed by atoms with E-state index in [2.05, 4.69) is 15.9 Å². The number of fused-ring (bicyclic) bond motifs is 1. The third-order valence-corrected chi connectivity index (χ3v) is 2.42. The molecule has 0 bridgehead atoms. The molecule has 0 atom stereocenters. The summed E-state index contributed by atoms with van der Waals surface area (Å²) in [6, 6.07) is 5.68. The van der Waals surface area contributed by atoms with Gasteiger partial charge in [0.05, 0.1) is 0 Å². The van der Waals surface area contributed by atoms with Crippen LogP contribution >= 0.6 is 0 Å². The molecule has 1 aromatic rings. The molecule has 3 nitrogen and oxygen atoms in total. The van der Waals surface area contributed by atoms with Crippen molar-refractivity contribution >= 4 is 4.57 Å². The molecule has 68 valence electrons. The third-order valence-electron chi connectivity index (χ3n) is 1.79. The van der Waals surface area contributed by atoms with E-state index in [-0.39, 0.29) is 0 Å². The average molecular weight is 216 g/mol. The predicted molar refractivity (Wildman–Crippen MR) is 43.7 cm³/mol. The Balaban J connectivity index is 2.36. The maximum absolute atomic E-state index is 5.23. The predicted octanol–water partition coefficient (Wildman–Crippen LogP) is 1.09. The van der Waals surface area contributed by atoms with Crippen LogP contribution in [0.4, 0.5) is 0 Å². The van der Waals surface area contributed by atoms with Crippen LogP contribution in [0.2, 0.25) is 0 Å². The average Bonchev–Trinajstić information content (AvgIpc) is 2.63. The van der Waals surface area contributed by atoms with Crippen LogP contribution in [0.1, 0.15) is 5.56 Å². The molecular weight excluding hydrogens is 208 g/mol. The third kappa shape index (κ3) is 1.61. The van der Waals surface area contributed by atoms with Crippen LogP contribution in [0.3, 0.4) is 0 Å². The second-order valence-corrected chi connectivity index (χ2v) is 3.14. The van der Waals surface area contributed by atoms with Crippen LogP contribution in [-0.2, 0) is 20.6 Å². The van der Waals surface area contributed by atoms with E-state index in [9.17, 15) is 0 Å². The Morgan fingerprint density at radius 1 is 1.38 bits per heavy atom. The Hall–Kier alpha value is -0.818. The number of hydrogen-bond donors (Lipinski definition) is 0. The van der Waals surface area contributed by atoms with Gasteiger partial charge in [-0.1, -0.05) is 0 Å². The van der Waals surface area contributed by atoms with Gasteiger partial charge < -0.3 is 0 Å². The van der Waals surface area contributed by atoms with Crippen molar-refractivity contribution in [1.82, 2.24) is 0 Å². The minimum absolute atomic E-state index is 0.300. The molecule has 0 saturated carbocycles. The molecule has 0 aliphatic carbocycles. The van der Waals surface area contributed by atoms with Crippen molar-refractivity contribution in [2.24, 2.45) is 0 Å². The summed E-state index contributed by atoms with van der Waals surface area (Å²) in [6.45, 7) is 0.300. The van der Waals surface area contributed by atoms with Crippen LogP contribution in [-0.4, -0.2) is 18.5 Å². The summed E-state index contributed by atoms with van der Waals surface area (Å²) >= 11 is 2.83. The molecule has 0 saturated heterocycles. The Morgan fingerprint density at radius 3 is 2.92 bits per heavy atom. The fourth-order valence-electron chi connectivity index (χ4n) is 1.14. The summed E-state index contributed by atoms with van der Waals surface area (Å²) in [5.74, 6) is 1.55. The Labute approximate surface area is 84.2 Å². The summed E-state index contributed by atoms with van der Waals surface area (Å²) in [7, 11) is 1.62. The summed E-state index contributed by atoms with van der Waals surface area (Å²) in [6.07, 6.45) is 0. The molecule has 0 amide bonds. The molecule has 0 spiro atoms. The second kappa shape index (κ2) is 3.51. The van der Waals surface area contributed by atoms with Crippen molar-refractivity contribution in [3.63, 3.8) is 0 Å². The van der Waals surface area contributed by atoms with Crippen LogP contribution in [0.5, 0.6) is 11.5 Å². The Kier molecular flexibility index (Phi) is 2.36. The molecular formula is C9H8CrO3. The fraction of sp³-hybridized carbons (Fsp3) is 0.222. The van der Waals surface area contributed by atoms with Crippen LogP contribution in [0.15, 0.2) is 18.2 Å². The maximum atomic E-state index is 5.23. The van der Waals surface area contributed by atoms with Crippen LogP contribution < -0.4 is 9.47 Å². The van der Waals surface area contributed by atoms with Gasteiger partial charge in [0.1, 0.15) is 0 Å². The number of ether oxygens (including phenoxy) is 3. The molecule has 0 radical (unpaired) electrons. The molecule has 1 aliphatic rings. The van der Waals surface area contributed by atoms with E-state index in [0.717, 1.165) is 21.6 Å². The molecule has 1 heterocycles. The SMILES string of the molecule is CO[C](=[Cr])c1ccc2c(c1)OCO2. The molecule has 13 heavy (non-hydrogen) atoms. The summed E-state index contributed by atoms with van der Waals surface area (Å²) in [5.41, 5.74) is 0.965. The van der Waals surface area contributed by atoms with Crippen molar-refractivity contribution in [3.8, 4) is 11.5 Å². The van der Waals surface area contributed by atoms with E-state index in [4.69, 9.17) is 14.2 Å². The van der Waals surface area contributed by atoms with Crippen molar-refractivity contribution < 1.29 is 30.1 Å². The Morgan fingerprint density at radius 2 is 2.15 bits per heavy atom. The zero-order valence-corrected chi connectivity index (χ0v) is 8.35. The summed E-state index contributed by atoms with van der Waals surface area (Å²) < 4.78 is 16.2. The van der Waals surface area contributed by atoms with Gasteiger partial charge in [-0.3, -0.25) is 0 Å². The zero-order chi connectivity index (χ0) is 9.26. The van der Waals surface area contributed by atoms with Gasteiger partial charge in [0.25, 0.3) is 0 Å². The quantitative estimate of drug-likeness (QED) is 0.740. The molecule has 1 aliphatic heterocycles. The number of methoxy groups -OCH3 is 1. The molecule has 0 aromatic heterocycles. The molecule has 2 rings (SSSR count). The molecule has 1 aromatic carbocycles. The van der Waals surface area contributed by atoms with Crippen molar-refractivity contribution in [1.29, 1.82) is 0 Å². The fourth-order valence-corrected chi connectivity index (χ4v) is 1.34. The van der Waals surface area contributed by atoms with E-state index in [1.165, 1.54) is 0 Å². The topological polar surface area (TPSA) is 27.7 Å². The molecule has 4 heteroatoms. The Bertz CT molecular complexity index is 349. The number of rotatable bonds is 2. The molecule has 0 N–H and O–H groups in total. The molecule has 0 unspecified atom stereocenters. The van der Waals surface area contributed by atoms with Crippen molar-refractivity contribution in [3.05, 3.63) is 23.8 Å². The van der Waals surface area contributed by atoms with E-state index < -0.39 is 0 Å². The summed E-state index contributed by atoms with van der Waals surface area (Å²) in [4.78, 5) is 0. The standard InChI is InChI=1S/C9H8O3.Cr/c1-10-5-7-2-3-8-9(4-7)12-6-11-8;/h2-4H,6H2,1H3;. The first-order valence-electron chi connectivity index (χ1n) is 3.79. The van der Waals surface area contributed by atoms with Gasteiger partial charge in [-0.15, -0.1) is 0 Å². The first-order valence-corrected chi connectivity index (χ1v) is 4.43. The van der Waals surface area contributed by atoms with Gasteiger partial charge in [-0.25, -0.2) is 0 Å². The number of benzene rings is 1. The van der Waals surface area contributed by atoms with Crippen molar-refractivity contribution in [2.75, 3.05) is 13.9 Å². The minimum atomic E-state index is 0.300. The van der Waals surface area contributed by atoms with Gasteiger partial charge >= 0.3 is 83.8 Å². The second-order valence-electron chi connectivity index (χ2n) is 2.56. The normalized spacial score (nSPS) is 13.0. The van der Waals surface area contributed by atoms with Gasteiger partial charge in [0.15, 0.2) is 0 Å². The number of hydrogen-bond acceptors (Lipinski definition) is 3. The summed E-state index contributed by atoms with van der Waals surface area (Å²) in [5, 5.41) is 0. The van der Waals surface area contributed by atoms with E-state index in [1.807, 2.05) is 18.2 Å². The monoisotopic (exact) mass is 216 g/mol. The molecule has 0 fully saturated rings. The van der Waals surface area contributed by atoms with Gasteiger partial charge in [-0.05, 0) is 0 Å². The zero-order valence-electron chi connectivity index (χ0n) is 7.07. The van der Waals surface area contributed by atoms with Crippen LogP contribution in [0.25, 0.3) is 0 Å². The van der Waals surface area contributed by atoms with E-state index in [0.29, 0.717) is 6.79 Å². The van der Waals surface area contributed by atoms with E-state index in [1.54, 1.807) is 7.11 Å². The first-order chi connectivity index (χ1) is 6.31. The van der Waals surface area contributed by atoms with Crippen molar-refractivity contribution in [2.45, 2.75) is 0 Å². The van der Waals surface area contributed by atoms with Gasteiger partial charge in [0.2, 0.25) is 0 Å². The van der Waals surface area contributed by atoms with Crippen LogP contribution in [0, 0.1) is 0 Å². The van der Waals surface area contributed by atoms with Gasteiger partial charge in [0, 0.05) is 0 Å².